The molecule has 1 unspecified atom stereocenters. The van der Waals surface area contributed by atoms with Crippen LogP contribution in [0.3, 0.4) is 0 Å². The van der Waals surface area contributed by atoms with Crippen LogP contribution < -0.4 is 10.6 Å². The number of carbonyl (C=O) groups is 1. The third-order valence-electron chi connectivity index (χ3n) is 3.75. The van der Waals surface area contributed by atoms with E-state index in [9.17, 15) is 4.79 Å². The first-order valence-corrected chi connectivity index (χ1v) is 6.86. The van der Waals surface area contributed by atoms with E-state index in [0.29, 0.717) is 6.04 Å². The van der Waals surface area contributed by atoms with Crippen LogP contribution in [-0.2, 0) is 11.3 Å². The predicted octanol–water partition coefficient (Wildman–Crippen LogP) is 0.976. The number of aromatic nitrogens is 2. The Balaban J connectivity index is 1.59. The Morgan fingerprint density at radius 1 is 1.39 bits per heavy atom. The SMILES string of the molecule is O=C1NCCCCC1NCc1cncn1C1CC1. The fourth-order valence-corrected chi connectivity index (χ4v) is 2.51. The monoisotopic (exact) mass is 248 g/mol. The fourth-order valence-electron chi connectivity index (χ4n) is 2.51. The predicted molar refractivity (Wildman–Crippen MR) is 68.0 cm³/mol. The first-order chi connectivity index (χ1) is 8.84. The molecule has 1 aliphatic heterocycles. The van der Waals surface area contributed by atoms with E-state index in [1.807, 2.05) is 12.5 Å². The maximum atomic E-state index is 11.8. The maximum Gasteiger partial charge on any atom is 0.237 e. The standard InChI is InChI=1S/C13H20N4O/c18-13-12(3-1-2-6-15-13)16-8-11-7-14-9-17(11)10-4-5-10/h7,9-10,12,16H,1-6,8H2,(H,15,18). The summed E-state index contributed by atoms with van der Waals surface area (Å²) in [5.41, 5.74) is 1.19. The minimum absolute atomic E-state index is 0.0462. The molecule has 98 valence electrons. The third-order valence-corrected chi connectivity index (χ3v) is 3.75. The smallest absolute Gasteiger partial charge is 0.237 e. The number of nitrogens with zero attached hydrogens (tertiary/aromatic N) is 2. The topological polar surface area (TPSA) is 59.0 Å². The number of nitrogens with one attached hydrogen (secondary N) is 2. The van der Waals surface area contributed by atoms with Crippen molar-refractivity contribution in [3.05, 3.63) is 18.2 Å². The van der Waals surface area contributed by atoms with Crippen LogP contribution in [-0.4, -0.2) is 28.0 Å². The molecule has 0 aromatic carbocycles. The Bertz CT molecular complexity index is 424. The molecule has 18 heavy (non-hydrogen) atoms. The molecular weight excluding hydrogens is 228 g/mol. The van der Waals surface area contributed by atoms with Crippen molar-refractivity contribution in [2.24, 2.45) is 0 Å². The second-order valence-electron chi connectivity index (χ2n) is 5.24. The average Bonchev–Trinajstić information content (AvgIpc) is 3.14. The van der Waals surface area contributed by atoms with Gasteiger partial charge in [-0.05, 0) is 32.1 Å². The van der Waals surface area contributed by atoms with Crippen molar-refractivity contribution in [2.75, 3.05) is 6.54 Å². The van der Waals surface area contributed by atoms with Crippen LogP contribution in [0, 0.1) is 0 Å². The van der Waals surface area contributed by atoms with Crippen LogP contribution in [0.5, 0.6) is 0 Å². The molecular formula is C13H20N4O. The molecule has 1 saturated carbocycles. The van der Waals surface area contributed by atoms with Gasteiger partial charge < -0.3 is 15.2 Å². The Hall–Kier alpha value is -1.36. The molecule has 1 amide bonds. The van der Waals surface area contributed by atoms with E-state index in [1.165, 1.54) is 18.5 Å². The van der Waals surface area contributed by atoms with Crippen molar-refractivity contribution < 1.29 is 4.79 Å². The van der Waals surface area contributed by atoms with Gasteiger partial charge in [-0.3, -0.25) is 4.79 Å². The molecule has 2 heterocycles. The van der Waals surface area contributed by atoms with E-state index in [-0.39, 0.29) is 11.9 Å². The van der Waals surface area contributed by atoms with Crippen molar-refractivity contribution in [1.82, 2.24) is 20.2 Å². The number of imidazole rings is 1. The van der Waals surface area contributed by atoms with Gasteiger partial charge in [0.2, 0.25) is 5.91 Å². The lowest BCUT2D eigenvalue weighted by Gasteiger charge is -2.15. The minimum atomic E-state index is -0.0462. The summed E-state index contributed by atoms with van der Waals surface area (Å²) >= 11 is 0. The Kier molecular flexibility index (Phi) is 3.32. The van der Waals surface area contributed by atoms with Gasteiger partial charge in [0, 0.05) is 25.3 Å². The number of rotatable bonds is 4. The average molecular weight is 248 g/mol. The maximum absolute atomic E-state index is 11.8. The lowest BCUT2D eigenvalue weighted by molar-refractivity contribution is -0.122. The summed E-state index contributed by atoms with van der Waals surface area (Å²) in [4.78, 5) is 16.0. The van der Waals surface area contributed by atoms with Gasteiger partial charge in [-0.25, -0.2) is 4.98 Å². The first kappa shape index (κ1) is 11.7. The Morgan fingerprint density at radius 3 is 3.11 bits per heavy atom. The highest BCUT2D eigenvalue weighted by molar-refractivity contribution is 5.81. The van der Waals surface area contributed by atoms with Crippen LogP contribution in [0.15, 0.2) is 12.5 Å². The van der Waals surface area contributed by atoms with Gasteiger partial charge in [0.15, 0.2) is 0 Å². The van der Waals surface area contributed by atoms with Gasteiger partial charge >= 0.3 is 0 Å². The summed E-state index contributed by atoms with van der Waals surface area (Å²) in [6, 6.07) is 0.599. The van der Waals surface area contributed by atoms with Crippen LogP contribution in [0.1, 0.15) is 43.8 Å². The fraction of sp³-hybridized carbons (Fsp3) is 0.692. The van der Waals surface area contributed by atoms with E-state index in [4.69, 9.17) is 0 Å². The normalized spacial score (nSPS) is 24.7. The van der Waals surface area contributed by atoms with Crippen LogP contribution in [0.2, 0.25) is 0 Å². The summed E-state index contributed by atoms with van der Waals surface area (Å²) in [5.74, 6) is 0.144. The molecule has 2 aliphatic rings. The summed E-state index contributed by atoms with van der Waals surface area (Å²) < 4.78 is 2.24. The minimum Gasteiger partial charge on any atom is -0.355 e. The molecule has 0 bridgehead atoms. The van der Waals surface area contributed by atoms with E-state index in [1.54, 1.807) is 0 Å². The Morgan fingerprint density at radius 2 is 2.28 bits per heavy atom. The largest absolute Gasteiger partial charge is 0.355 e. The summed E-state index contributed by atoms with van der Waals surface area (Å²) in [5, 5.41) is 6.31. The zero-order valence-electron chi connectivity index (χ0n) is 10.6. The van der Waals surface area contributed by atoms with E-state index in [2.05, 4.69) is 20.2 Å². The molecule has 3 rings (SSSR count). The van der Waals surface area contributed by atoms with Crippen LogP contribution >= 0.6 is 0 Å². The summed E-state index contributed by atoms with van der Waals surface area (Å²) in [6.45, 7) is 1.55. The highest BCUT2D eigenvalue weighted by atomic mass is 16.2. The summed E-state index contributed by atoms with van der Waals surface area (Å²) in [7, 11) is 0. The van der Waals surface area contributed by atoms with Crippen molar-refractivity contribution in [1.29, 1.82) is 0 Å². The zero-order chi connectivity index (χ0) is 12.4. The van der Waals surface area contributed by atoms with Gasteiger partial charge in [-0.2, -0.15) is 0 Å². The lowest BCUT2D eigenvalue weighted by Crippen LogP contribution is -2.42. The molecule has 2 fully saturated rings. The van der Waals surface area contributed by atoms with E-state index < -0.39 is 0 Å². The zero-order valence-corrected chi connectivity index (χ0v) is 10.6. The molecule has 0 radical (unpaired) electrons. The molecule has 1 aliphatic carbocycles. The van der Waals surface area contributed by atoms with Gasteiger partial charge in [-0.15, -0.1) is 0 Å². The van der Waals surface area contributed by atoms with Gasteiger partial charge in [0.05, 0.1) is 18.1 Å². The quantitative estimate of drug-likeness (QED) is 0.835. The molecule has 1 aromatic rings. The van der Waals surface area contributed by atoms with Crippen molar-refractivity contribution in [2.45, 2.75) is 50.7 Å². The molecule has 0 spiro atoms. The van der Waals surface area contributed by atoms with Gasteiger partial charge in [0.1, 0.15) is 0 Å². The molecule has 2 N–H and O–H groups in total. The molecule has 5 nitrogen and oxygen atoms in total. The lowest BCUT2D eigenvalue weighted by atomic mass is 10.1. The first-order valence-electron chi connectivity index (χ1n) is 6.86. The number of hydrogen-bond donors (Lipinski definition) is 2. The second kappa shape index (κ2) is 5.10. The van der Waals surface area contributed by atoms with Crippen molar-refractivity contribution in [3.8, 4) is 0 Å². The third kappa shape index (κ3) is 2.56. The van der Waals surface area contributed by atoms with Crippen LogP contribution in [0.4, 0.5) is 0 Å². The van der Waals surface area contributed by atoms with Crippen LogP contribution in [0.25, 0.3) is 0 Å². The second-order valence-corrected chi connectivity index (χ2v) is 5.24. The van der Waals surface area contributed by atoms with Crippen molar-refractivity contribution >= 4 is 5.91 Å². The Labute approximate surface area is 107 Å². The number of carbonyl (C=O) groups excluding carboxylic acids is 1. The summed E-state index contributed by atoms with van der Waals surface area (Å²) in [6.07, 6.45) is 9.45. The van der Waals surface area contributed by atoms with Gasteiger partial charge in [-0.1, -0.05) is 0 Å². The van der Waals surface area contributed by atoms with E-state index in [0.717, 1.165) is 32.4 Å². The molecule has 1 atom stereocenters. The van der Waals surface area contributed by atoms with Gasteiger partial charge in [0.25, 0.3) is 0 Å². The van der Waals surface area contributed by atoms with E-state index >= 15 is 0 Å². The highest BCUT2D eigenvalue weighted by Crippen LogP contribution is 2.35. The van der Waals surface area contributed by atoms with Crippen molar-refractivity contribution in [3.63, 3.8) is 0 Å². The highest BCUT2D eigenvalue weighted by Gasteiger charge is 2.26. The molecule has 5 heteroatoms. The number of hydrogen-bond acceptors (Lipinski definition) is 3. The number of amides is 1. The molecule has 1 saturated heterocycles. The molecule has 1 aromatic heterocycles.